The van der Waals surface area contributed by atoms with Crippen molar-refractivity contribution < 1.29 is 4.79 Å². The quantitative estimate of drug-likeness (QED) is 0.743. The lowest BCUT2D eigenvalue weighted by Gasteiger charge is -2.13. The molecule has 1 amide bonds. The smallest absolute Gasteiger partial charge is 0.251 e. The van der Waals surface area contributed by atoms with E-state index in [1.807, 2.05) is 6.92 Å². The second kappa shape index (κ2) is 6.89. The third kappa shape index (κ3) is 4.85. The number of nitrogens with one attached hydrogen (secondary N) is 2. The van der Waals surface area contributed by atoms with Gasteiger partial charge in [-0.2, -0.15) is 0 Å². The molecule has 0 aliphatic heterocycles. The third-order valence-corrected chi connectivity index (χ3v) is 2.66. The molecule has 0 saturated heterocycles. The summed E-state index contributed by atoms with van der Waals surface area (Å²) in [5.41, 5.74) is 0.160. The zero-order valence-corrected chi connectivity index (χ0v) is 10.5. The molecule has 1 rings (SSSR count). The molecule has 1 unspecified atom stereocenters. The van der Waals surface area contributed by atoms with Crippen molar-refractivity contribution >= 4 is 5.91 Å². The molecule has 0 spiro atoms. The van der Waals surface area contributed by atoms with E-state index >= 15 is 0 Å². The van der Waals surface area contributed by atoms with Gasteiger partial charge < -0.3 is 10.3 Å². The highest BCUT2D eigenvalue weighted by molar-refractivity contribution is 5.94. The van der Waals surface area contributed by atoms with E-state index < -0.39 is 0 Å². The molecule has 1 heterocycles. The molecule has 4 heteroatoms. The molecule has 0 aromatic carbocycles. The summed E-state index contributed by atoms with van der Waals surface area (Å²) < 4.78 is 0. The Kier molecular flexibility index (Phi) is 5.46. The number of unbranched alkanes of at least 4 members (excludes halogenated alkanes) is 2. The van der Waals surface area contributed by atoms with E-state index in [9.17, 15) is 9.59 Å². The predicted molar refractivity (Wildman–Crippen MR) is 68.1 cm³/mol. The van der Waals surface area contributed by atoms with Crippen LogP contribution in [0.2, 0.25) is 0 Å². The lowest BCUT2D eigenvalue weighted by Crippen LogP contribution is -2.33. The first-order chi connectivity index (χ1) is 8.13. The number of aromatic amines is 1. The largest absolute Gasteiger partial charge is 0.350 e. The Balaban J connectivity index is 2.46. The molecule has 0 radical (unpaired) electrons. The van der Waals surface area contributed by atoms with Gasteiger partial charge in [-0.05, 0) is 19.4 Å². The Labute approximate surface area is 101 Å². The van der Waals surface area contributed by atoms with E-state index in [0.29, 0.717) is 5.56 Å². The van der Waals surface area contributed by atoms with Crippen molar-refractivity contribution in [1.29, 1.82) is 0 Å². The van der Waals surface area contributed by atoms with Crippen LogP contribution in [0.15, 0.2) is 23.1 Å². The summed E-state index contributed by atoms with van der Waals surface area (Å²) in [5.74, 6) is -0.180. The van der Waals surface area contributed by atoms with Crippen LogP contribution in [0, 0.1) is 0 Å². The van der Waals surface area contributed by atoms with Crippen LogP contribution in [-0.4, -0.2) is 16.9 Å². The summed E-state index contributed by atoms with van der Waals surface area (Å²) in [6.45, 7) is 4.14. The number of hydrogen-bond acceptors (Lipinski definition) is 2. The topological polar surface area (TPSA) is 62.0 Å². The van der Waals surface area contributed by atoms with Crippen LogP contribution in [0.1, 0.15) is 49.9 Å². The average Bonchev–Trinajstić information content (AvgIpc) is 2.29. The Morgan fingerprint density at radius 3 is 2.88 bits per heavy atom. The van der Waals surface area contributed by atoms with Gasteiger partial charge in [0.2, 0.25) is 5.56 Å². The fourth-order valence-electron chi connectivity index (χ4n) is 1.67. The highest BCUT2D eigenvalue weighted by Crippen LogP contribution is 2.03. The van der Waals surface area contributed by atoms with Gasteiger partial charge in [-0.1, -0.05) is 26.2 Å². The number of amides is 1. The zero-order valence-electron chi connectivity index (χ0n) is 10.5. The number of carbonyl (C=O) groups is 1. The summed E-state index contributed by atoms with van der Waals surface area (Å²) >= 11 is 0. The van der Waals surface area contributed by atoms with Gasteiger partial charge in [0.15, 0.2) is 0 Å². The maximum atomic E-state index is 11.8. The normalized spacial score (nSPS) is 12.1. The molecule has 2 N–H and O–H groups in total. The molecule has 1 atom stereocenters. The van der Waals surface area contributed by atoms with Gasteiger partial charge in [-0.3, -0.25) is 9.59 Å². The highest BCUT2D eigenvalue weighted by Gasteiger charge is 2.09. The minimum absolute atomic E-state index is 0.147. The van der Waals surface area contributed by atoms with Crippen LogP contribution < -0.4 is 10.9 Å². The van der Waals surface area contributed by atoms with Gasteiger partial charge in [0.1, 0.15) is 0 Å². The number of pyridine rings is 1. The Morgan fingerprint density at radius 1 is 1.47 bits per heavy atom. The number of H-pyrrole nitrogens is 1. The van der Waals surface area contributed by atoms with Crippen molar-refractivity contribution in [3.05, 3.63) is 34.2 Å². The van der Waals surface area contributed by atoms with Gasteiger partial charge in [0, 0.05) is 23.9 Å². The zero-order chi connectivity index (χ0) is 12.7. The number of carbonyl (C=O) groups excluding carboxylic acids is 1. The van der Waals surface area contributed by atoms with Crippen LogP contribution >= 0.6 is 0 Å². The SMILES string of the molecule is CCCCCC(C)NC(=O)c1cc[nH]c(=O)c1. The number of hydrogen-bond donors (Lipinski definition) is 2. The highest BCUT2D eigenvalue weighted by atomic mass is 16.2. The van der Waals surface area contributed by atoms with E-state index in [0.717, 1.165) is 12.8 Å². The Hall–Kier alpha value is -1.58. The van der Waals surface area contributed by atoms with Crippen LogP contribution in [0.25, 0.3) is 0 Å². The fraction of sp³-hybridized carbons (Fsp3) is 0.538. The molecule has 17 heavy (non-hydrogen) atoms. The van der Waals surface area contributed by atoms with Crippen molar-refractivity contribution in [3.8, 4) is 0 Å². The van der Waals surface area contributed by atoms with Crippen molar-refractivity contribution in [3.63, 3.8) is 0 Å². The lowest BCUT2D eigenvalue weighted by atomic mass is 10.1. The van der Waals surface area contributed by atoms with Gasteiger partial charge in [0.25, 0.3) is 5.91 Å². The molecular weight excluding hydrogens is 216 g/mol. The lowest BCUT2D eigenvalue weighted by molar-refractivity contribution is 0.0937. The molecule has 0 saturated carbocycles. The van der Waals surface area contributed by atoms with Crippen molar-refractivity contribution in [1.82, 2.24) is 10.3 Å². The summed E-state index contributed by atoms with van der Waals surface area (Å²) in [4.78, 5) is 25.3. The van der Waals surface area contributed by atoms with Gasteiger partial charge >= 0.3 is 0 Å². The van der Waals surface area contributed by atoms with Crippen LogP contribution in [0.3, 0.4) is 0 Å². The summed E-state index contributed by atoms with van der Waals surface area (Å²) in [7, 11) is 0. The predicted octanol–water partition coefficient (Wildman–Crippen LogP) is 2.07. The third-order valence-electron chi connectivity index (χ3n) is 2.66. The maximum absolute atomic E-state index is 11.8. The first-order valence-corrected chi connectivity index (χ1v) is 6.13. The molecule has 0 aliphatic carbocycles. The summed E-state index contributed by atoms with van der Waals surface area (Å²) in [5, 5.41) is 2.89. The molecule has 0 aliphatic rings. The Morgan fingerprint density at radius 2 is 2.24 bits per heavy atom. The first kappa shape index (κ1) is 13.5. The molecule has 4 nitrogen and oxygen atoms in total. The van der Waals surface area contributed by atoms with Crippen molar-refractivity contribution in [2.24, 2.45) is 0 Å². The van der Waals surface area contributed by atoms with Gasteiger partial charge in [-0.15, -0.1) is 0 Å². The Bertz CT molecular complexity index is 412. The van der Waals surface area contributed by atoms with Gasteiger partial charge in [0.05, 0.1) is 0 Å². The maximum Gasteiger partial charge on any atom is 0.251 e. The average molecular weight is 236 g/mol. The van der Waals surface area contributed by atoms with Crippen LogP contribution in [-0.2, 0) is 0 Å². The van der Waals surface area contributed by atoms with Gasteiger partial charge in [-0.25, -0.2) is 0 Å². The van der Waals surface area contributed by atoms with E-state index in [1.54, 1.807) is 6.07 Å². The van der Waals surface area contributed by atoms with E-state index in [2.05, 4.69) is 17.2 Å². The monoisotopic (exact) mass is 236 g/mol. The first-order valence-electron chi connectivity index (χ1n) is 6.13. The molecule has 0 fully saturated rings. The molecule has 0 bridgehead atoms. The molecule has 1 aromatic rings. The molecule has 1 aromatic heterocycles. The van der Waals surface area contributed by atoms with E-state index in [1.165, 1.54) is 25.1 Å². The summed E-state index contributed by atoms with van der Waals surface area (Å²) in [6, 6.07) is 3.07. The van der Waals surface area contributed by atoms with E-state index in [-0.39, 0.29) is 17.5 Å². The molecular formula is C13H20N2O2. The molecule has 94 valence electrons. The summed E-state index contributed by atoms with van der Waals surface area (Å²) in [6.07, 6.45) is 5.94. The van der Waals surface area contributed by atoms with Crippen LogP contribution in [0.4, 0.5) is 0 Å². The number of aromatic nitrogens is 1. The standard InChI is InChI=1S/C13H20N2O2/c1-3-4-5-6-10(2)15-13(17)11-7-8-14-12(16)9-11/h7-10H,3-6H2,1-2H3,(H,14,16)(H,15,17). The van der Waals surface area contributed by atoms with Crippen molar-refractivity contribution in [2.45, 2.75) is 45.6 Å². The van der Waals surface area contributed by atoms with Crippen molar-refractivity contribution in [2.75, 3.05) is 0 Å². The number of rotatable bonds is 6. The van der Waals surface area contributed by atoms with E-state index in [4.69, 9.17) is 0 Å². The fourth-order valence-corrected chi connectivity index (χ4v) is 1.67. The van der Waals surface area contributed by atoms with Crippen LogP contribution in [0.5, 0.6) is 0 Å². The second-order valence-electron chi connectivity index (χ2n) is 4.31. The minimum atomic E-state index is -0.253. The second-order valence-corrected chi connectivity index (χ2v) is 4.31. The minimum Gasteiger partial charge on any atom is -0.350 e.